The summed E-state index contributed by atoms with van der Waals surface area (Å²) in [6.45, 7) is 6.46. The van der Waals surface area contributed by atoms with E-state index >= 15 is 0 Å². The molecule has 4 rings (SSSR count). The molecule has 3 heterocycles. The average Bonchev–Trinajstić information content (AvgIpc) is 3.38. The molecule has 7 heteroatoms. The lowest BCUT2D eigenvalue weighted by atomic mass is 9.76. The summed E-state index contributed by atoms with van der Waals surface area (Å²) in [6, 6.07) is 0. The third kappa shape index (κ3) is 3.22. The molecule has 2 fully saturated rings. The van der Waals surface area contributed by atoms with Crippen molar-refractivity contribution in [3.63, 3.8) is 0 Å². The van der Waals surface area contributed by atoms with Crippen LogP contribution in [0.2, 0.25) is 0 Å². The van der Waals surface area contributed by atoms with E-state index in [1.165, 1.54) is 31.2 Å². The summed E-state index contributed by atoms with van der Waals surface area (Å²) in [5.74, 6) is 1.77. The van der Waals surface area contributed by atoms with Crippen LogP contribution >= 0.6 is 0 Å². The molecule has 1 atom stereocenters. The van der Waals surface area contributed by atoms with Gasteiger partial charge in [-0.1, -0.05) is 18.0 Å². The fourth-order valence-electron chi connectivity index (χ4n) is 4.63. The highest BCUT2D eigenvalue weighted by Crippen LogP contribution is 2.53. The predicted molar refractivity (Wildman–Crippen MR) is 91.8 cm³/mol. The van der Waals surface area contributed by atoms with Gasteiger partial charge in [-0.05, 0) is 25.2 Å². The molecule has 2 aromatic heterocycles. The Bertz CT molecular complexity index is 704. The Morgan fingerprint density at radius 1 is 1.36 bits per heavy atom. The van der Waals surface area contributed by atoms with Crippen LogP contribution in [-0.4, -0.2) is 45.0 Å². The number of hydrogen-bond acceptors (Lipinski definition) is 6. The summed E-state index contributed by atoms with van der Waals surface area (Å²) >= 11 is 0. The molecule has 1 saturated heterocycles. The summed E-state index contributed by atoms with van der Waals surface area (Å²) in [5.41, 5.74) is 1.57. The molecule has 1 aliphatic carbocycles. The molecule has 1 unspecified atom stereocenters. The zero-order valence-corrected chi connectivity index (χ0v) is 15.1. The lowest BCUT2D eigenvalue weighted by Crippen LogP contribution is -2.26. The highest BCUT2D eigenvalue weighted by molar-refractivity contribution is 5.13. The van der Waals surface area contributed by atoms with Gasteiger partial charge in [0.2, 0.25) is 5.89 Å². The van der Waals surface area contributed by atoms with E-state index in [1.54, 1.807) is 7.11 Å². The molecule has 25 heavy (non-hydrogen) atoms. The molecular weight excluding hydrogens is 318 g/mol. The second-order valence-electron chi connectivity index (χ2n) is 7.48. The number of hydrogen-bond donors (Lipinski definition) is 0. The van der Waals surface area contributed by atoms with Crippen LogP contribution in [0.1, 0.15) is 55.8 Å². The topological polar surface area (TPSA) is 69.2 Å². The Morgan fingerprint density at radius 3 is 2.92 bits per heavy atom. The molecular formula is C18H27N5O2. The summed E-state index contributed by atoms with van der Waals surface area (Å²) in [5, 5.41) is 8.49. The predicted octanol–water partition coefficient (Wildman–Crippen LogP) is 2.59. The highest BCUT2D eigenvalue weighted by atomic mass is 16.5. The Kier molecular flexibility index (Phi) is 4.60. The van der Waals surface area contributed by atoms with Gasteiger partial charge in [0.15, 0.2) is 5.82 Å². The molecule has 136 valence electrons. The maximum Gasteiger partial charge on any atom is 0.231 e. The van der Waals surface area contributed by atoms with Crippen LogP contribution in [0, 0.1) is 5.41 Å². The van der Waals surface area contributed by atoms with Gasteiger partial charge in [0, 0.05) is 45.0 Å². The summed E-state index contributed by atoms with van der Waals surface area (Å²) in [4.78, 5) is 7.15. The van der Waals surface area contributed by atoms with Gasteiger partial charge in [-0.25, -0.2) is 0 Å². The molecule has 0 radical (unpaired) electrons. The van der Waals surface area contributed by atoms with Crippen molar-refractivity contribution in [1.29, 1.82) is 0 Å². The van der Waals surface area contributed by atoms with E-state index in [2.05, 4.69) is 33.3 Å². The first kappa shape index (κ1) is 16.7. The molecule has 2 aromatic rings. The zero-order chi connectivity index (χ0) is 17.3. The molecule has 1 aliphatic heterocycles. The monoisotopic (exact) mass is 345 g/mol. The first-order chi connectivity index (χ1) is 12.2. The largest absolute Gasteiger partial charge is 0.377 e. The van der Waals surface area contributed by atoms with Crippen LogP contribution in [0.4, 0.5) is 0 Å². The van der Waals surface area contributed by atoms with Gasteiger partial charge >= 0.3 is 0 Å². The average molecular weight is 345 g/mol. The van der Waals surface area contributed by atoms with Gasteiger partial charge < -0.3 is 9.26 Å². The Hall–Kier alpha value is -1.73. The number of rotatable bonds is 6. The maximum absolute atomic E-state index is 5.62. The molecule has 0 aromatic carbocycles. The van der Waals surface area contributed by atoms with Crippen molar-refractivity contribution in [3.8, 4) is 0 Å². The van der Waals surface area contributed by atoms with E-state index in [1.807, 2.05) is 10.9 Å². The first-order valence-electron chi connectivity index (χ1n) is 9.27. The van der Waals surface area contributed by atoms with E-state index < -0.39 is 0 Å². The summed E-state index contributed by atoms with van der Waals surface area (Å²) in [6.07, 6.45) is 9.25. The van der Waals surface area contributed by atoms with Crippen molar-refractivity contribution in [3.05, 3.63) is 29.7 Å². The molecule has 0 amide bonds. The van der Waals surface area contributed by atoms with E-state index in [0.29, 0.717) is 18.3 Å². The van der Waals surface area contributed by atoms with Crippen LogP contribution in [0.25, 0.3) is 0 Å². The van der Waals surface area contributed by atoms with Gasteiger partial charge in [0.25, 0.3) is 0 Å². The van der Waals surface area contributed by atoms with Crippen LogP contribution in [-0.2, 0) is 24.4 Å². The van der Waals surface area contributed by atoms with E-state index in [0.717, 1.165) is 32.1 Å². The SMILES string of the molecule is CCn1cc(CN2CC(c3nc(COC)no3)C3(CCCC3)C2)cn1. The molecule has 0 bridgehead atoms. The standard InChI is InChI=1S/C18H27N5O2/c1-3-23-10-14(8-19-23)9-22-11-15(18(13-22)6-4-5-7-18)17-20-16(12-24-2)21-25-17/h8,10,15H,3-7,9,11-13H2,1-2H3. The fourth-order valence-corrected chi connectivity index (χ4v) is 4.63. The second kappa shape index (κ2) is 6.88. The normalized spacial score (nSPS) is 23.0. The van der Waals surface area contributed by atoms with Gasteiger partial charge in [0.05, 0.1) is 12.1 Å². The minimum absolute atomic E-state index is 0.289. The van der Waals surface area contributed by atoms with Gasteiger partial charge in [-0.15, -0.1) is 0 Å². The summed E-state index contributed by atoms with van der Waals surface area (Å²) in [7, 11) is 1.66. The smallest absolute Gasteiger partial charge is 0.231 e. The van der Waals surface area contributed by atoms with Crippen LogP contribution in [0.15, 0.2) is 16.9 Å². The molecule has 0 N–H and O–H groups in total. The minimum atomic E-state index is 0.289. The van der Waals surface area contributed by atoms with E-state index in [9.17, 15) is 0 Å². The van der Waals surface area contributed by atoms with Crippen molar-refractivity contribution < 1.29 is 9.26 Å². The lowest BCUT2D eigenvalue weighted by molar-refractivity contribution is 0.174. The Balaban J connectivity index is 1.52. The van der Waals surface area contributed by atoms with Crippen LogP contribution < -0.4 is 0 Å². The number of methoxy groups -OCH3 is 1. The molecule has 1 spiro atoms. The Labute approximate surface area is 148 Å². The maximum atomic E-state index is 5.62. The number of nitrogens with zero attached hydrogens (tertiary/aromatic N) is 5. The van der Waals surface area contributed by atoms with Crippen molar-refractivity contribution in [2.24, 2.45) is 5.41 Å². The van der Waals surface area contributed by atoms with Crippen LogP contribution in [0.5, 0.6) is 0 Å². The van der Waals surface area contributed by atoms with Gasteiger partial charge in [-0.2, -0.15) is 10.1 Å². The van der Waals surface area contributed by atoms with Gasteiger partial charge in [-0.3, -0.25) is 9.58 Å². The quantitative estimate of drug-likeness (QED) is 0.801. The van der Waals surface area contributed by atoms with Crippen molar-refractivity contribution in [2.75, 3.05) is 20.2 Å². The molecule has 1 saturated carbocycles. The highest BCUT2D eigenvalue weighted by Gasteiger charge is 2.50. The number of likely N-dealkylation sites (tertiary alicyclic amines) is 1. The third-order valence-corrected chi connectivity index (χ3v) is 5.79. The number of ether oxygens (including phenoxy) is 1. The second-order valence-corrected chi connectivity index (χ2v) is 7.48. The van der Waals surface area contributed by atoms with E-state index in [-0.39, 0.29) is 5.41 Å². The van der Waals surface area contributed by atoms with Crippen molar-refractivity contribution >= 4 is 0 Å². The number of aromatic nitrogens is 4. The lowest BCUT2D eigenvalue weighted by Gasteiger charge is -2.27. The Morgan fingerprint density at radius 2 is 2.20 bits per heavy atom. The number of aryl methyl sites for hydroxylation is 1. The first-order valence-corrected chi connectivity index (χ1v) is 9.27. The molecule has 2 aliphatic rings. The minimum Gasteiger partial charge on any atom is -0.377 e. The molecule has 7 nitrogen and oxygen atoms in total. The van der Waals surface area contributed by atoms with Gasteiger partial charge in [0.1, 0.15) is 6.61 Å². The van der Waals surface area contributed by atoms with Crippen LogP contribution in [0.3, 0.4) is 0 Å². The summed E-state index contributed by atoms with van der Waals surface area (Å²) < 4.78 is 12.7. The third-order valence-electron chi connectivity index (χ3n) is 5.79. The van der Waals surface area contributed by atoms with Crippen molar-refractivity contribution in [1.82, 2.24) is 24.8 Å². The fraction of sp³-hybridized carbons (Fsp3) is 0.722. The van der Waals surface area contributed by atoms with E-state index in [4.69, 9.17) is 9.26 Å². The zero-order valence-electron chi connectivity index (χ0n) is 15.1. The van der Waals surface area contributed by atoms with Crippen molar-refractivity contribution in [2.45, 2.75) is 58.2 Å².